The third kappa shape index (κ3) is 2.95. The van der Waals surface area contributed by atoms with Crippen molar-refractivity contribution in [1.82, 2.24) is 15.0 Å². The Labute approximate surface area is 125 Å². The largest absolute Gasteiger partial charge is 0.481 e. The standard InChI is InChI=1S/C15H11N3O2S/c19-13(20)9-12-14(10-4-7-16-8-5-10)18-15(21-12)11-3-1-2-6-17-11/h1-8H,9H2,(H,19,20). The Hall–Kier alpha value is -2.60. The molecular weight excluding hydrogens is 286 g/mol. The van der Waals surface area contributed by atoms with Crippen molar-refractivity contribution in [3.05, 3.63) is 53.8 Å². The first-order valence-electron chi connectivity index (χ1n) is 6.27. The topological polar surface area (TPSA) is 76.0 Å². The third-order valence-corrected chi connectivity index (χ3v) is 3.92. The number of carbonyl (C=O) groups is 1. The summed E-state index contributed by atoms with van der Waals surface area (Å²) in [4.78, 5) is 24.6. The molecular formula is C15H11N3O2S. The van der Waals surface area contributed by atoms with Gasteiger partial charge in [-0.05, 0) is 24.3 Å². The van der Waals surface area contributed by atoms with Gasteiger partial charge in [-0.15, -0.1) is 11.3 Å². The molecule has 0 radical (unpaired) electrons. The van der Waals surface area contributed by atoms with E-state index in [2.05, 4.69) is 15.0 Å². The van der Waals surface area contributed by atoms with E-state index in [1.807, 2.05) is 30.3 Å². The molecule has 0 unspecified atom stereocenters. The first-order valence-corrected chi connectivity index (χ1v) is 7.09. The van der Waals surface area contributed by atoms with Gasteiger partial charge in [-0.2, -0.15) is 0 Å². The molecule has 21 heavy (non-hydrogen) atoms. The zero-order valence-corrected chi connectivity index (χ0v) is 11.7. The molecule has 0 aromatic carbocycles. The van der Waals surface area contributed by atoms with Gasteiger partial charge in [0.05, 0.1) is 17.8 Å². The van der Waals surface area contributed by atoms with Crippen molar-refractivity contribution >= 4 is 17.3 Å². The number of hydrogen-bond donors (Lipinski definition) is 1. The van der Waals surface area contributed by atoms with Crippen LogP contribution in [-0.4, -0.2) is 26.0 Å². The lowest BCUT2D eigenvalue weighted by atomic mass is 10.1. The highest BCUT2D eigenvalue weighted by Crippen LogP contribution is 2.33. The average molecular weight is 297 g/mol. The first-order chi connectivity index (χ1) is 10.2. The minimum absolute atomic E-state index is 0.0534. The van der Waals surface area contributed by atoms with Gasteiger partial charge in [0.2, 0.25) is 0 Å². The van der Waals surface area contributed by atoms with Crippen LogP contribution >= 0.6 is 11.3 Å². The molecule has 0 saturated carbocycles. The van der Waals surface area contributed by atoms with Gasteiger partial charge in [-0.3, -0.25) is 14.8 Å². The molecule has 0 atom stereocenters. The van der Waals surface area contributed by atoms with Crippen molar-refractivity contribution < 1.29 is 9.90 Å². The van der Waals surface area contributed by atoms with Gasteiger partial charge in [-0.1, -0.05) is 6.07 Å². The average Bonchev–Trinajstić information content (AvgIpc) is 2.92. The predicted octanol–water partition coefficient (Wildman–Crippen LogP) is 2.89. The van der Waals surface area contributed by atoms with Crippen LogP contribution < -0.4 is 0 Å². The maximum Gasteiger partial charge on any atom is 0.308 e. The zero-order valence-electron chi connectivity index (χ0n) is 10.9. The minimum atomic E-state index is -0.874. The van der Waals surface area contributed by atoms with Crippen LogP contribution in [0.1, 0.15) is 4.88 Å². The lowest BCUT2D eigenvalue weighted by molar-refractivity contribution is -0.136. The van der Waals surface area contributed by atoms with E-state index in [4.69, 9.17) is 5.11 Å². The van der Waals surface area contributed by atoms with E-state index in [0.29, 0.717) is 10.6 Å². The van der Waals surface area contributed by atoms with E-state index >= 15 is 0 Å². The zero-order chi connectivity index (χ0) is 14.7. The smallest absolute Gasteiger partial charge is 0.308 e. The van der Waals surface area contributed by atoms with E-state index in [0.717, 1.165) is 16.3 Å². The molecule has 104 valence electrons. The van der Waals surface area contributed by atoms with Gasteiger partial charge in [0, 0.05) is 29.0 Å². The maximum atomic E-state index is 11.0. The Morgan fingerprint density at radius 3 is 2.62 bits per heavy atom. The first kappa shape index (κ1) is 13.4. The van der Waals surface area contributed by atoms with Crippen LogP contribution in [0.4, 0.5) is 0 Å². The molecule has 6 heteroatoms. The monoisotopic (exact) mass is 297 g/mol. The number of aliphatic carboxylic acids is 1. The van der Waals surface area contributed by atoms with Gasteiger partial charge in [0.15, 0.2) is 0 Å². The maximum absolute atomic E-state index is 11.0. The number of rotatable bonds is 4. The summed E-state index contributed by atoms with van der Waals surface area (Å²) in [6.07, 6.45) is 4.97. The van der Waals surface area contributed by atoms with Crippen LogP contribution in [0.2, 0.25) is 0 Å². The van der Waals surface area contributed by atoms with Crippen molar-refractivity contribution in [2.24, 2.45) is 0 Å². The molecule has 5 nitrogen and oxygen atoms in total. The van der Waals surface area contributed by atoms with Crippen molar-refractivity contribution in [2.75, 3.05) is 0 Å². The van der Waals surface area contributed by atoms with Crippen LogP contribution in [0, 0.1) is 0 Å². The lowest BCUT2D eigenvalue weighted by Crippen LogP contribution is -1.99. The van der Waals surface area contributed by atoms with Crippen molar-refractivity contribution in [2.45, 2.75) is 6.42 Å². The lowest BCUT2D eigenvalue weighted by Gasteiger charge is -1.99. The molecule has 0 aliphatic carbocycles. The predicted molar refractivity (Wildman–Crippen MR) is 79.9 cm³/mol. The fraction of sp³-hybridized carbons (Fsp3) is 0.0667. The fourth-order valence-electron chi connectivity index (χ4n) is 1.94. The molecule has 0 bridgehead atoms. The Morgan fingerprint density at radius 2 is 1.95 bits per heavy atom. The van der Waals surface area contributed by atoms with E-state index in [-0.39, 0.29) is 6.42 Å². The van der Waals surface area contributed by atoms with Gasteiger partial charge in [-0.25, -0.2) is 4.98 Å². The summed E-state index contributed by atoms with van der Waals surface area (Å²) in [6.45, 7) is 0. The molecule has 0 saturated heterocycles. The summed E-state index contributed by atoms with van der Waals surface area (Å²) >= 11 is 1.36. The molecule has 1 N–H and O–H groups in total. The SMILES string of the molecule is O=C(O)Cc1sc(-c2ccccn2)nc1-c1ccncc1. The quantitative estimate of drug-likeness (QED) is 0.801. The second-order valence-electron chi connectivity index (χ2n) is 4.31. The highest BCUT2D eigenvalue weighted by molar-refractivity contribution is 7.15. The second-order valence-corrected chi connectivity index (χ2v) is 5.40. The van der Waals surface area contributed by atoms with Crippen LogP contribution in [0.3, 0.4) is 0 Å². The van der Waals surface area contributed by atoms with Gasteiger partial charge >= 0.3 is 5.97 Å². The highest BCUT2D eigenvalue weighted by atomic mass is 32.1. The highest BCUT2D eigenvalue weighted by Gasteiger charge is 2.17. The van der Waals surface area contributed by atoms with Crippen LogP contribution in [0.25, 0.3) is 22.0 Å². The molecule has 0 aliphatic rings. The summed E-state index contributed by atoms with van der Waals surface area (Å²) in [7, 11) is 0. The normalized spacial score (nSPS) is 10.5. The number of pyridine rings is 2. The molecule has 3 rings (SSSR count). The summed E-state index contributed by atoms with van der Waals surface area (Å²) in [5.74, 6) is -0.874. The molecule has 0 aliphatic heterocycles. The number of thiazole rings is 1. The van der Waals surface area contributed by atoms with Gasteiger partial charge < -0.3 is 5.11 Å². The minimum Gasteiger partial charge on any atom is -0.481 e. The number of carboxylic acids is 1. The molecule has 0 spiro atoms. The Morgan fingerprint density at radius 1 is 1.14 bits per heavy atom. The number of carboxylic acid groups (broad SMARTS) is 1. The van der Waals surface area contributed by atoms with E-state index < -0.39 is 5.97 Å². The van der Waals surface area contributed by atoms with Crippen LogP contribution in [-0.2, 0) is 11.2 Å². The Bertz CT molecular complexity index is 757. The second kappa shape index (κ2) is 5.80. The van der Waals surface area contributed by atoms with E-state index in [1.165, 1.54) is 11.3 Å². The van der Waals surface area contributed by atoms with Gasteiger partial charge in [0.25, 0.3) is 0 Å². The number of hydrogen-bond acceptors (Lipinski definition) is 5. The summed E-state index contributed by atoms with van der Waals surface area (Å²) in [6, 6.07) is 9.22. The molecule has 3 aromatic rings. The van der Waals surface area contributed by atoms with Gasteiger partial charge in [0.1, 0.15) is 5.01 Å². The third-order valence-electron chi connectivity index (χ3n) is 2.85. The van der Waals surface area contributed by atoms with Crippen molar-refractivity contribution in [1.29, 1.82) is 0 Å². The number of aromatic nitrogens is 3. The molecule has 0 fully saturated rings. The summed E-state index contributed by atoms with van der Waals surface area (Å²) < 4.78 is 0. The molecule has 3 aromatic heterocycles. The Kier molecular flexibility index (Phi) is 3.70. The summed E-state index contributed by atoms with van der Waals surface area (Å²) in [5.41, 5.74) is 2.29. The summed E-state index contributed by atoms with van der Waals surface area (Å²) in [5, 5.41) is 9.79. The molecule has 3 heterocycles. The van der Waals surface area contributed by atoms with E-state index in [9.17, 15) is 4.79 Å². The fourth-order valence-corrected chi connectivity index (χ4v) is 2.99. The van der Waals surface area contributed by atoms with Crippen molar-refractivity contribution in [3.63, 3.8) is 0 Å². The van der Waals surface area contributed by atoms with Crippen LogP contribution in [0.15, 0.2) is 48.9 Å². The molecule has 0 amide bonds. The van der Waals surface area contributed by atoms with E-state index in [1.54, 1.807) is 18.6 Å². The Balaban J connectivity index is 2.10. The van der Waals surface area contributed by atoms with Crippen LogP contribution in [0.5, 0.6) is 0 Å². The van der Waals surface area contributed by atoms with Crippen molar-refractivity contribution in [3.8, 4) is 22.0 Å². The number of nitrogens with zero attached hydrogens (tertiary/aromatic N) is 3.